The lowest BCUT2D eigenvalue weighted by molar-refractivity contribution is 0.669. The Morgan fingerprint density at radius 3 is 1.86 bits per heavy atom. The largest absolute Gasteiger partial charge is 0.456 e. The van der Waals surface area contributed by atoms with Crippen LogP contribution in [0.3, 0.4) is 0 Å². The summed E-state index contributed by atoms with van der Waals surface area (Å²) in [7, 11) is 0. The molecule has 3 heteroatoms. The van der Waals surface area contributed by atoms with Gasteiger partial charge in [0, 0.05) is 36.9 Å². The van der Waals surface area contributed by atoms with Crippen molar-refractivity contribution in [2.75, 3.05) is 4.90 Å². The molecule has 0 aliphatic heterocycles. The van der Waals surface area contributed by atoms with Crippen molar-refractivity contribution in [2.24, 2.45) is 0 Å². The Labute approximate surface area is 340 Å². The van der Waals surface area contributed by atoms with E-state index in [1.54, 1.807) is 0 Å². The van der Waals surface area contributed by atoms with Gasteiger partial charge in [-0.3, -0.25) is 0 Å². The fourth-order valence-electron chi connectivity index (χ4n) is 9.68. The first-order valence-corrected chi connectivity index (χ1v) is 20.6. The van der Waals surface area contributed by atoms with Crippen LogP contribution in [0.5, 0.6) is 0 Å². The number of nitrogens with zero attached hydrogens (tertiary/aromatic N) is 1. The summed E-state index contributed by atoms with van der Waals surface area (Å²) in [5.74, 6) is 0. The number of rotatable bonds is 6. The molecule has 0 atom stereocenters. The molecule has 0 spiro atoms. The van der Waals surface area contributed by atoms with Crippen molar-refractivity contribution in [3.63, 3.8) is 0 Å². The maximum absolute atomic E-state index is 6.65. The summed E-state index contributed by atoms with van der Waals surface area (Å²) in [4.78, 5) is 2.45. The van der Waals surface area contributed by atoms with Gasteiger partial charge in [-0.05, 0) is 99.1 Å². The quantitative estimate of drug-likeness (QED) is 0.168. The van der Waals surface area contributed by atoms with Crippen LogP contribution in [0.15, 0.2) is 217 Å². The van der Waals surface area contributed by atoms with E-state index in [-0.39, 0.29) is 0 Å². The maximum atomic E-state index is 6.65. The first-order valence-electron chi connectivity index (χ1n) is 19.8. The topological polar surface area (TPSA) is 16.4 Å². The van der Waals surface area contributed by atoms with Crippen molar-refractivity contribution in [3.05, 3.63) is 235 Å². The van der Waals surface area contributed by atoms with Gasteiger partial charge in [-0.15, -0.1) is 11.3 Å². The van der Waals surface area contributed by atoms with Crippen LogP contribution in [0.2, 0.25) is 0 Å². The molecule has 0 unspecified atom stereocenters. The fraction of sp³-hybridized carbons (Fsp3) is 0.0182. The lowest BCUT2D eigenvalue weighted by atomic mass is 9.67. The molecule has 2 aromatic heterocycles. The highest BCUT2D eigenvalue weighted by atomic mass is 32.1. The van der Waals surface area contributed by atoms with Gasteiger partial charge in [0.1, 0.15) is 11.2 Å². The number of thiophene rings is 1. The predicted octanol–water partition coefficient (Wildman–Crippen LogP) is 15.5. The minimum Gasteiger partial charge on any atom is -0.456 e. The highest BCUT2D eigenvalue weighted by molar-refractivity contribution is 7.25. The van der Waals surface area contributed by atoms with Gasteiger partial charge in [0.05, 0.1) is 16.5 Å². The van der Waals surface area contributed by atoms with E-state index in [1.165, 1.54) is 59.1 Å². The SMILES string of the molecule is c1ccc(-c2ccc3oc4cccc(N(c5cccc(C6(c7ccccc7)c7ccccc7-c7ccccc76)c5)c5ccc6c(c5)sc5ccccc56)c4c3c2)cc1. The van der Waals surface area contributed by atoms with Crippen LogP contribution in [0, 0.1) is 0 Å². The summed E-state index contributed by atoms with van der Waals surface area (Å²) in [5, 5.41) is 4.75. The molecule has 58 heavy (non-hydrogen) atoms. The van der Waals surface area contributed by atoms with Gasteiger partial charge in [0.2, 0.25) is 0 Å². The Morgan fingerprint density at radius 1 is 0.397 bits per heavy atom. The molecule has 2 nitrogen and oxygen atoms in total. The molecule has 0 fully saturated rings. The van der Waals surface area contributed by atoms with Crippen molar-refractivity contribution >= 4 is 70.5 Å². The van der Waals surface area contributed by atoms with Crippen LogP contribution in [-0.2, 0) is 5.41 Å². The molecule has 0 amide bonds. The smallest absolute Gasteiger partial charge is 0.137 e. The summed E-state index contributed by atoms with van der Waals surface area (Å²) in [5.41, 5.74) is 14.4. The monoisotopic (exact) mass is 757 g/mol. The zero-order valence-corrected chi connectivity index (χ0v) is 32.3. The highest BCUT2D eigenvalue weighted by Crippen LogP contribution is 2.57. The molecule has 2 heterocycles. The first kappa shape index (κ1) is 33.0. The molecule has 0 N–H and O–H groups in total. The lowest BCUT2D eigenvalue weighted by Crippen LogP contribution is -2.28. The second kappa shape index (κ2) is 12.9. The Balaban J connectivity index is 1.14. The Hall–Kier alpha value is -7.20. The molecule has 0 radical (unpaired) electrons. The zero-order chi connectivity index (χ0) is 38.2. The van der Waals surface area contributed by atoms with Gasteiger partial charge in [-0.2, -0.15) is 0 Å². The molecular weight excluding hydrogens is 723 g/mol. The molecule has 0 bridgehead atoms. The van der Waals surface area contributed by atoms with Gasteiger partial charge in [0.15, 0.2) is 0 Å². The van der Waals surface area contributed by atoms with E-state index in [0.29, 0.717) is 0 Å². The Morgan fingerprint density at radius 2 is 1.05 bits per heavy atom. The summed E-state index contributed by atoms with van der Waals surface area (Å²) >= 11 is 1.85. The second-order valence-electron chi connectivity index (χ2n) is 15.2. The normalized spacial score (nSPS) is 13.0. The number of hydrogen-bond acceptors (Lipinski definition) is 3. The molecule has 1 aliphatic rings. The van der Waals surface area contributed by atoms with Crippen molar-refractivity contribution in [1.29, 1.82) is 0 Å². The van der Waals surface area contributed by atoms with Gasteiger partial charge >= 0.3 is 0 Å². The zero-order valence-electron chi connectivity index (χ0n) is 31.5. The lowest BCUT2D eigenvalue weighted by Gasteiger charge is -2.35. The molecule has 9 aromatic carbocycles. The average molecular weight is 758 g/mol. The molecule has 12 rings (SSSR count). The van der Waals surface area contributed by atoms with Crippen molar-refractivity contribution in [2.45, 2.75) is 5.41 Å². The predicted molar refractivity (Wildman–Crippen MR) is 244 cm³/mol. The van der Waals surface area contributed by atoms with Crippen molar-refractivity contribution in [3.8, 4) is 22.3 Å². The van der Waals surface area contributed by atoms with E-state index in [1.807, 2.05) is 11.3 Å². The van der Waals surface area contributed by atoms with Crippen LogP contribution in [0.1, 0.15) is 22.3 Å². The molecule has 272 valence electrons. The molecule has 0 saturated carbocycles. The van der Waals surface area contributed by atoms with Crippen LogP contribution >= 0.6 is 11.3 Å². The van der Waals surface area contributed by atoms with E-state index in [0.717, 1.165) is 44.6 Å². The second-order valence-corrected chi connectivity index (χ2v) is 16.3. The number of fused-ring (bicyclic) bond motifs is 9. The van der Waals surface area contributed by atoms with Crippen LogP contribution in [0.25, 0.3) is 64.4 Å². The van der Waals surface area contributed by atoms with Crippen LogP contribution < -0.4 is 4.90 Å². The van der Waals surface area contributed by atoms with Gasteiger partial charge in [-0.25, -0.2) is 0 Å². The number of hydrogen-bond donors (Lipinski definition) is 0. The van der Waals surface area contributed by atoms with E-state index in [2.05, 4.69) is 217 Å². The molecule has 0 saturated heterocycles. The third-order valence-corrected chi connectivity index (χ3v) is 13.3. The van der Waals surface area contributed by atoms with Crippen LogP contribution in [-0.4, -0.2) is 0 Å². The summed E-state index contributed by atoms with van der Waals surface area (Å²) in [6.45, 7) is 0. The van der Waals surface area contributed by atoms with E-state index in [9.17, 15) is 0 Å². The summed E-state index contributed by atoms with van der Waals surface area (Å²) < 4.78 is 9.20. The first-order chi connectivity index (χ1) is 28.8. The fourth-order valence-corrected chi connectivity index (χ4v) is 10.8. The number of anilines is 3. The van der Waals surface area contributed by atoms with E-state index >= 15 is 0 Å². The van der Waals surface area contributed by atoms with E-state index in [4.69, 9.17) is 4.42 Å². The Bertz CT molecular complexity index is 3310. The average Bonchev–Trinajstić information content (AvgIpc) is 3.95. The maximum Gasteiger partial charge on any atom is 0.137 e. The van der Waals surface area contributed by atoms with Crippen molar-refractivity contribution < 1.29 is 4.42 Å². The number of furan rings is 1. The third-order valence-electron chi connectivity index (χ3n) is 12.1. The van der Waals surface area contributed by atoms with E-state index < -0.39 is 5.41 Å². The summed E-state index contributed by atoms with van der Waals surface area (Å²) in [6.07, 6.45) is 0. The minimum absolute atomic E-state index is 0.523. The van der Waals surface area contributed by atoms with Gasteiger partial charge in [-0.1, -0.05) is 158 Å². The van der Waals surface area contributed by atoms with Gasteiger partial charge < -0.3 is 9.32 Å². The minimum atomic E-state index is -0.523. The highest BCUT2D eigenvalue weighted by Gasteiger charge is 2.46. The standard InChI is InChI=1S/C55H35NOS/c1-3-15-36(16-4-1)37-29-32-50-46(33-37)54-49(26-14-27-51(54)57-50)56(41-30-31-45-44-23-9-12-28-52(44)58-53(45)35-41)40-20-13-19-39(34-40)55(38-17-5-2-6-18-38)47-24-10-7-21-42(47)43-22-8-11-25-48(43)55/h1-35H. The third kappa shape index (κ3) is 4.84. The molecular formula is C55H35NOS. The summed E-state index contributed by atoms with van der Waals surface area (Å²) in [6, 6.07) is 77.6. The van der Waals surface area contributed by atoms with Crippen molar-refractivity contribution in [1.82, 2.24) is 0 Å². The number of benzene rings is 9. The Kier molecular flexibility index (Phi) is 7.35. The molecule has 1 aliphatic carbocycles. The molecule has 11 aromatic rings. The van der Waals surface area contributed by atoms with Crippen LogP contribution in [0.4, 0.5) is 17.1 Å². The van der Waals surface area contributed by atoms with Gasteiger partial charge in [0.25, 0.3) is 0 Å².